The lowest BCUT2D eigenvalue weighted by Crippen LogP contribution is -2.49. The molecule has 10 N–H and O–H groups in total. The minimum absolute atomic E-state index is 0.0114. The third kappa shape index (κ3) is 9.46. The van der Waals surface area contributed by atoms with Crippen LogP contribution in [0, 0.1) is 0 Å². The van der Waals surface area contributed by atoms with E-state index in [9.17, 15) is 38.7 Å². The molecule has 0 fully saturated rings. The number of carbonyl (C=O) groups excluding carboxylic acids is 3. The molecule has 2 aromatic heterocycles. The fourth-order valence-electron chi connectivity index (χ4n) is 3.70. The summed E-state index contributed by atoms with van der Waals surface area (Å²) in [5.74, 6) is -7.06. The van der Waals surface area contributed by atoms with E-state index in [1.807, 2.05) is 5.32 Å². The molecule has 0 saturated carbocycles. The molecule has 3 aromatic rings. The highest BCUT2D eigenvalue weighted by Gasteiger charge is 2.26. The van der Waals surface area contributed by atoms with Crippen molar-refractivity contribution in [3.05, 3.63) is 52.1 Å². The number of nitrogen functional groups attached to an aromatic ring is 1. The van der Waals surface area contributed by atoms with E-state index < -0.39 is 79.1 Å². The zero-order chi connectivity index (χ0) is 32.4. The monoisotopic (exact) mass is 613 g/mol. The largest absolute Gasteiger partial charge is 0.481 e. The molecule has 0 aliphatic rings. The Labute approximate surface area is 246 Å². The van der Waals surface area contributed by atoms with Crippen LogP contribution in [-0.4, -0.2) is 89.5 Å². The number of carboxylic acids is 3. The van der Waals surface area contributed by atoms with E-state index in [1.54, 1.807) is 12.1 Å². The average molecular weight is 614 g/mol. The molecule has 3 rings (SSSR count). The number of anilines is 2. The molecule has 0 spiro atoms. The van der Waals surface area contributed by atoms with Crippen molar-refractivity contribution in [2.75, 3.05) is 17.6 Å². The predicted octanol–water partition coefficient (Wildman–Crippen LogP) is -1.97. The Hall–Kier alpha value is -6.14. The van der Waals surface area contributed by atoms with Gasteiger partial charge in [-0.2, -0.15) is 4.98 Å². The predicted molar refractivity (Wildman–Crippen MR) is 149 cm³/mol. The molecule has 2 heterocycles. The molecule has 44 heavy (non-hydrogen) atoms. The van der Waals surface area contributed by atoms with Gasteiger partial charge in [0.2, 0.25) is 17.8 Å². The van der Waals surface area contributed by atoms with Crippen LogP contribution in [0.3, 0.4) is 0 Å². The standard InChI is InChI=1S/C25H27N9O10/c26-25-33-20-19(23(42)34-25)30-13(9-28-20)8-27-12-3-1-11(2-4-12)21(40)32-14(24(43)44)5-6-16(35)31-15(7-17(36)37)22(41)29-10-18(38)39/h1-4,9,14-15,27H,5-8,10H2,(H,29,41)(H,31,35)(H,32,40)(H,36,37)(H,38,39)(H,43,44)(H3,26,28,33,34,42)/t14-,15?/m1/s1. The third-order valence-corrected chi connectivity index (χ3v) is 5.81. The van der Waals surface area contributed by atoms with Gasteiger partial charge in [-0.05, 0) is 30.7 Å². The van der Waals surface area contributed by atoms with Crippen molar-refractivity contribution in [2.24, 2.45) is 0 Å². The first-order chi connectivity index (χ1) is 20.8. The fraction of sp³-hybridized carbons (Fsp3) is 0.280. The number of hydrogen-bond acceptors (Lipinski definition) is 12. The van der Waals surface area contributed by atoms with Crippen molar-refractivity contribution in [3.8, 4) is 0 Å². The fourth-order valence-corrected chi connectivity index (χ4v) is 3.70. The highest BCUT2D eigenvalue weighted by atomic mass is 16.4. The van der Waals surface area contributed by atoms with Gasteiger partial charge >= 0.3 is 17.9 Å². The first-order valence-electron chi connectivity index (χ1n) is 12.7. The van der Waals surface area contributed by atoms with Gasteiger partial charge < -0.3 is 42.3 Å². The van der Waals surface area contributed by atoms with E-state index in [4.69, 9.17) is 15.9 Å². The van der Waals surface area contributed by atoms with Gasteiger partial charge in [-0.25, -0.2) is 14.8 Å². The zero-order valence-corrected chi connectivity index (χ0v) is 22.7. The Morgan fingerprint density at radius 2 is 1.64 bits per heavy atom. The van der Waals surface area contributed by atoms with Crippen LogP contribution < -0.4 is 32.6 Å². The number of amides is 3. The van der Waals surface area contributed by atoms with Gasteiger partial charge in [0.25, 0.3) is 11.5 Å². The minimum atomic E-state index is -1.60. The summed E-state index contributed by atoms with van der Waals surface area (Å²) in [4.78, 5) is 96.9. The Balaban J connectivity index is 1.54. The number of aromatic amines is 1. The number of carbonyl (C=O) groups is 6. The molecule has 232 valence electrons. The lowest BCUT2D eigenvalue weighted by molar-refractivity contribution is -0.141. The maximum Gasteiger partial charge on any atom is 0.326 e. The van der Waals surface area contributed by atoms with E-state index in [1.165, 1.54) is 18.3 Å². The number of nitrogens with zero attached hydrogens (tertiary/aromatic N) is 3. The van der Waals surface area contributed by atoms with Crippen LogP contribution in [0.25, 0.3) is 11.2 Å². The number of hydrogen-bond donors (Lipinski definition) is 9. The maximum absolute atomic E-state index is 12.7. The maximum atomic E-state index is 12.7. The van der Waals surface area contributed by atoms with Crippen LogP contribution in [0.15, 0.2) is 35.3 Å². The van der Waals surface area contributed by atoms with E-state index in [-0.39, 0.29) is 29.2 Å². The normalized spacial score (nSPS) is 12.0. The van der Waals surface area contributed by atoms with Gasteiger partial charge in [0.15, 0.2) is 11.2 Å². The lowest BCUT2D eigenvalue weighted by atomic mass is 10.1. The molecule has 19 heteroatoms. The van der Waals surface area contributed by atoms with E-state index in [2.05, 4.69) is 35.9 Å². The van der Waals surface area contributed by atoms with Crippen LogP contribution in [0.1, 0.15) is 35.3 Å². The second-order valence-electron chi connectivity index (χ2n) is 9.15. The molecule has 0 saturated heterocycles. The van der Waals surface area contributed by atoms with Crippen LogP contribution in [-0.2, 0) is 30.5 Å². The molecular formula is C25H27N9O10. The van der Waals surface area contributed by atoms with E-state index in [0.29, 0.717) is 11.4 Å². The number of rotatable bonds is 15. The highest BCUT2D eigenvalue weighted by molar-refractivity contribution is 5.97. The number of nitrogens with one attached hydrogen (secondary N) is 5. The lowest BCUT2D eigenvalue weighted by Gasteiger charge is -2.18. The topological polar surface area (TPSA) is 309 Å². The number of aliphatic carboxylic acids is 3. The molecule has 19 nitrogen and oxygen atoms in total. The Bertz CT molecular complexity index is 1640. The summed E-state index contributed by atoms with van der Waals surface area (Å²) in [6.07, 6.45) is -0.338. The number of benzene rings is 1. The van der Waals surface area contributed by atoms with Crippen molar-refractivity contribution in [3.63, 3.8) is 0 Å². The van der Waals surface area contributed by atoms with Gasteiger partial charge in [0, 0.05) is 17.7 Å². The van der Waals surface area contributed by atoms with Gasteiger partial charge in [-0.1, -0.05) is 0 Å². The van der Waals surface area contributed by atoms with Gasteiger partial charge in [-0.3, -0.25) is 33.8 Å². The number of aromatic nitrogens is 4. The number of nitrogens with two attached hydrogens (primary N) is 1. The van der Waals surface area contributed by atoms with Crippen LogP contribution >= 0.6 is 0 Å². The zero-order valence-electron chi connectivity index (χ0n) is 22.7. The summed E-state index contributed by atoms with van der Waals surface area (Å²) in [6.45, 7) is -0.638. The molecule has 0 bridgehead atoms. The molecule has 2 atom stereocenters. The van der Waals surface area contributed by atoms with Crippen molar-refractivity contribution in [1.29, 1.82) is 0 Å². The summed E-state index contributed by atoms with van der Waals surface area (Å²) in [5, 5.41) is 36.5. The van der Waals surface area contributed by atoms with Gasteiger partial charge in [0.05, 0.1) is 24.9 Å². The molecule has 1 unspecified atom stereocenters. The van der Waals surface area contributed by atoms with Crippen molar-refractivity contribution >= 4 is 58.4 Å². The molecule has 0 radical (unpaired) electrons. The van der Waals surface area contributed by atoms with Gasteiger partial charge in [-0.15, -0.1) is 0 Å². The summed E-state index contributed by atoms with van der Waals surface area (Å²) in [5.41, 5.74) is 6.13. The highest BCUT2D eigenvalue weighted by Crippen LogP contribution is 2.12. The SMILES string of the molecule is Nc1nc2ncc(CNc3ccc(C(=O)N[C@H](CCC(=O)NC(CC(=O)O)C(=O)NCC(=O)O)C(=O)O)cc3)nc2c(=O)[nH]1. The third-order valence-electron chi connectivity index (χ3n) is 5.81. The smallest absolute Gasteiger partial charge is 0.326 e. The molecule has 0 aliphatic carbocycles. The minimum Gasteiger partial charge on any atom is -0.481 e. The van der Waals surface area contributed by atoms with Crippen LogP contribution in [0.2, 0.25) is 0 Å². The van der Waals surface area contributed by atoms with E-state index >= 15 is 0 Å². The number of H-pyrrole nitrogens is 1. The van der Waals surface area contributed by atoms with Crippen LogP contribution in [0.4, 0.5) is 11.6 Å². The summed E-state index contributed by atoms with van der Waals surface area (Å²) >= 11 is 0. The van der Waals surface area contributed by atoms with Crippen molar-refractivity contribution in [2.45, 2.75) is 37.9 Å². The van der Waals surface area contributed by atoms with Crippen LogP contribution in [0.5, 0.6) is 0 Å². The molecule has 3 amide bonds. The second-order valence-corrected chi connectivity index (χ2v) is 9.15. The number of carboxylic acid groups (broad SMARTS) is 3. The van der Waals surface area contributed by atoms with Crippen molar-refractivity contribution in [1.82, 2.24) is 35.9 Å². The van der Waals surface area contributed by atoms with Gasteiger partial charge in [0.1, 0.15) is 18.6 Å². The Morgan fingerprint density at radius 3 is 2.27 bits per heavy atom. The molecule has 1 aromatic carbocycles. The summed E-state index contributed by atoms with van der Waals surface area (Å²) < 4.78 is 0. The Morgan fingerprint density at radius 1 is 0.932 bits per heavy atom. The first-order valence-corrected chi connectivity index (χ1v) is 12.7. The molecular weight excluding hydrogens is 586 g/mol. The molecule has 0 aliphatic heterocycles. The summed E-state index contributed by atoms with van der Waals surface area (Å²) in [6, 6.07) is 2.80. The first kappa shape index (κ1) is 32.4. The quantitative estimate of drug-likeness (QED) is 0.0897. The van der Waals surface area contributed by atoms with Crippen molar-refractivity contribution < 1.29 is 44.1 Å². The Kier molecular flexibility index (Phi) is 10.8. The average Bonchev–Trinajstić information content (AvgIpc) is 2.96. The second kappa shape index (κ2) is 14.7. The summed E-state index contributed by atoms with van der Waals surface area (Å²) in [7, 11) is 0. The van der Waals surface area contributed by atoms with E-state index in [0.717, 1.165) is 0 Å². The number of fused-ring (bicyclic) bond motifs is 1.